The highest BCUT2D eigenvalue weighted by molar-refractivity contribution is 6.01. The summed E-state index contributed by atoms with van der Waals surface area (Å²) in [6.07, 6.45) is 2.41. The molecule has 0 spiro atoms. The smallest absolute Gasteiger partial charge is 0.333 e. The van der Waals surface area contributed by atoms with E-state index in [1.807, 2.05) is 103 Å². The van der Waals surface area contributed by atoms with Gasteiger partial charge in [0.1, 0.15) is 5.78 Å². The van der Waals surface area contributed by atoms with Gasteiger partial charge in [0, 0.05) is 71.8 Å². The Morgan fingerprint density at radius 1 is 0.803 bits per heavy atom. The number of imide groups is 1. The number of aliphatic hydroxyl groups is 1. The van der Waals surface area contributed by atoms with Crippen LogP contribution in [0.3, 0.4) is 0 Å². The summed E-state index contributed by atoms with van der Waals surface area (Å²) in [7, 11) is 6.79. The van der Waals surface area contributed by atoms with E-state index in [1.165, 1.54) is 0 Å². The lowest BCUT2D eigenvalue weighted by atomic mass is 9.83. The highest BCUT2D eigenvalue weighted by atomic mass is 16.7. The number of likely N-dealkylation sites (tertiary alicyclic amines) is 1. The normalized spacial score (nSPS) is 19.7. The topological polar surface area (TPSA) is 180 Å². The van der Waals surface area contributed by atoms with Crippen molar-refractivity contribution in [2.75, 3.05) is 41.4 Å². The van der Waals surface area contributed by atoms with Crippen molar-refractivity contribution >= 4 is 41.2 Å². The van der Waals surface area contributed by atoms with Crippen LogP contribution < -0.4 is 0 Å². The first-order valence-electron chi connectivity index (χ1n) is 24.4. The van der Waals surface area contributed by atoms with Crippen molar-refractivity contribution in [3.63, 3.8) is 0 Å². The van der Waals surface area contributed by atoms with Gasteiger partial charge in [0.2, 0.25) is 11.8 Å². The average molecular weight is 927 g/mol. The predicted molar refractivity (Wildman–Crippen MR) is 251 cm³/mol. The second kappa shape index (κ2) is 27.1. The lowest BCUT2D eigenvalue weighted by molar-refractivity contribution is -0.197. The van der Waals surface area contributed by atoms with Gasteiger partial charge in [-0.05, 0) is 68.5 Å². The third-order valence-electron chi connectivity index (χ3n) is 14.1. The second-order valence-electron chi connectivity index (χ2n) is 19.6. The Morgan fingerprint density at radius 3 is 2.00 bits per heavy atom. The summed E-state index contributed by atoms with van der Waals surface area (Å²) >= 11 is 0. The van der Waals surface area contributed by atoms with Crippen LogP contribution >= 0.6 is 0 Å². The summed E-state index contributed by atoms with van der Waals surface area (Å²) in [4.78, 5) is 103. The van der Waals surface area contributed by atoms with Gasteiger partial charge in [-0.15, -0.1) is 5.06 Å². The van der Waals surface area contributed by atoms with E-state index in [-0.39, 0.29) is 91.6 Å². The molecule has 3 rings (SSSR count). The van der Waals surface area contributed by atoms with Crippen molar-refractivity contribution in [1.82, 2.24) is 19.8 Å². The Hall–Kier alpha value is -4.05. The van der Waals surface area contributed by atoms with E-state index < -0.39 is 60.0 Å². The third-order valence-corrected chi connectivity index (χ3v) is 14.1. The lowest BCUT2D eigenvalue weighted by Gasteiger charge is -2.41. The number of methoxy groups -OCH3 is 2. The number of ketones is 2. The predicted octanol–water partition coefficient (Wildman–Crippen LogP) is 6.59. The van der Waals surface area contributed by atoms with Gasteiger partial charge in [-0.3, -0.25) is 33.7 Å². The Bertz CT molecular complexity index is 1740. The summed E-state index contributed by atoms with van der Waals surface area (Å²) in [6, 6.07) is 8.06. The SMILES string of the molecule is CC[C@H](C)[C@@H]([C@@H](CC(=O)N1CCC[C@H]1[C@H](OC)[C@@H](C)C(=O)C[C@H](C)[C@@H](O)c1ccccc1)OC)N(C)C(=O)[C@@H](CC(=O)[C@H](C(C)C)N(C)CCCCCC(=O)ON1C(=O)CCC1=O)C(C)C. The number of benzene rings is 1. The lowest BCUT2D eigenvalue weighted by Crippen LogP contribution is -2.54. The van der Waals surface area contributed by atoms with Crippen LogP contribution in [0.5, 0.6) is 0 Å². The first-order valence-corrected chi connectivity index (χ1v) is 24.4. The molecule has 0 aliphatic carbocycles. The number of carbonyl (C=O) groups is 7. The Labute approximate surface area is 394 Å². The fraction of sp³-hybridized carbons (Fsp3) is 0.745. The standard InChI is InChI=1S/C51H82N4O11/c1-13-34(6)48(42(64-11)31-45(60)54-28-20-23-39(54)50(65-12)36(8)40(56)29-35(7)49(62)37-21-16-14-17-22-37)53(10)51(63)38(32(2)3)30-41(57)47(33(4)5)52(9)27-19-15-18-24-46(61)66-55-43(58)25-26-44(55)59/h14,16-17,21-22,32-36,38-39,42,47-50,62H,13,15,18-20,23-31H2,1-12H3/t34-,35-,36-,38-,39-,42+,47-,48-,49+,50+/m0/s1. The Balaban J connectivity index is 1.66. The number of hydrogen-bond donors (Lipinski definition) is 1. The number of hydrogen-bond acceptors (Lipinski definition) is 12. The summed E-state index contributed by atoms with van der Waals surface area (Å²) in [5, 5.41) is 11.5. The minimum Gasteiger partial charge on any atom is -0.388 e. The molecule has 1 aromatic carbocycles. The van der Waals surface area contributed by atoms with Crippen LogP contribution in [-0.4, -0.2) is 138 Å². The molecule has 2 saturated heterocycles. The van der Waals surface area contributed by atoms with Crippen LogP contribution in [0.25, 0.3) is 0 Å². The van der Waals surface area contributed by atoms with E-state index in [0.29, 0.717) is 43.8 Å². The molecule has 0 unspecified atom stereocenters. The number of carbonyl (C=O) groups excluding carboxylic acids is 7. The number of hydroxylamine groups is 2. The van der Waals surface area contributed by atoms with E-state index in [1.54, 1.807) is 26.2 Å². The summed E-state index contributed by atoms with van der Waals surface area (Å²) in [5.41, 5.74) is 0.758. The number of likely N-dealkylation sites (N-methyl/N-ethyl adjacent to an activating group) is 2. The highest BCUT2D eigenvalue weighted by Crippen LogP contribution is 2.33. The maximum atomic E-state index is 14.6. The van der Waals surface area contributed by atoms with Crippen LogP contribution in [0.4, 0.5) is 0 Å². The van der Waals surface area contributed by atoms with Crippen LogP contribution in [-0.2, 0) is 47.9 Å². The van der Waals surface area contributed by atoms with Crippen molar-refractivity contribution < 1.29 is 53.0 Å². The highest BCUT2D eigenvalue weighted by Gasteiger charge is 2.43. The fourth-order valence-corrected chi connectivity index (χ4v) is 10.0. The van der Waals surface area contributed by atoms with E-state index >= 15 is 0 Å². The molecule has 4 amide bonds. The number of aliphatic hydroxyl groups excluding tert-OH is 1. The van der Waals surface area contributed by atoms with E-state index in [9.17, 15) is 38.7 Å². The molecule has 0 radical (unpaired) electrons. The number of Topliss-reactive ketones (excluding diaryl/α,β-unsaturated/α-hetero) is 2. The molecule has 1 aromatic rings. The molecule has 15 heteroatoms. The van der Waals surface area contributed by atoms with Gasteiger partial charge >= 0.3 is 5.97 Å². The molecule has 15 nitrogen and oxygen atoms in total. The number of nitrogens with zero attached hydrogens (tertiary/aromatic N) is 4. The van der Waals surface area contributed by atoms with E-state index in [4.69, 9.17) is 14.3 Å². The van der Waals surface area contributed by atoms with Gasteiger partial charge in [0.05, 0.1) is 42.9 Å². The number of amides is 4. The number of unbranched alkanes of at least 4 members (excludes halogenated alkanes) is 2. The molecule has 1 N–H and O–H groups in total. The third kappa shape index (κ3) is 15.2. The Kier molecular flexibility index (Phi) is 23.1. The van der Waals surface area contributed by atoms with Crippen LogP contribution in [0.1, 0.15) is 144 Å². The second-order valence-corrected chi connectivity index (χ2v) is 19.6. The van der Waals surface area contributed by atoms with Crippen LogP contribution in [0.2, 0.25) is 0 Å². The molecule has 66 heavy (non-hydrogen) atoms. The summed E-state index contributed by atoms with van der Waals surface area (Å²) in [5.74, 6) is -3.71. The monoisotopic (exact) mass is 927 g/mol. The minimum absolute atomic E-state index is 0.0170. The maximum absolute atomic E-state index is 14.6. The molecule has 2 aliphatic heterocycles. The zero-order valence-electron chi connectivity index (χ0n) is 42.0. The Morgan fingerprint density at radius 2 is 1.44 bits per heavy atom. The molecule has 2 fully saturated rings. The largest absolute Gasteiger partial charge is 0.388 e. The fourth-order valence-electron chi connectivity index (χ4n) is 10.0. The molecule has 0 aromatic heterocycles. The zero-order valence-corrected chi connectivity index (χ0v) is 42.0. The van der Waals surface area contributed by atoms with Gasteiger partial charge in [-0.2, -0.15) is 0 Å². The van der Waals surface area contributed by atoms with E-state index in [0.717, 1.165) is 18.4 Å². The van der Waals surface area contributed by atoms with Crippen LogP contribution in [0.15, 0.2) is 30.3 Å². The minimum atomic E-state index is -0.788. The zero-order chi connectivity index (χ0) is 49.4. The maximum Gasteiger partial charge on any atom is 0.333 e. The first kappa shape index (κ1) is 56.3. The van der Waals surface area contributed by atoms with Crippen molar-refractivity contribution in [1.29, 1.82) is 0 Å². The number of rotatable bonds is 29. The first-order chi connectivity index (χ1) is 31.2. The molecule has 0 saturated carbocycles. The van der Waals surface area contributed by atoms with E-state index in [2.05, 4.69) is 0 Å². The quantitative estimate of drug-likeness (QED) is 0.0674. The van der Waals surface area contributed by atoms with Gasteiger partial charge in [-0.1, -0.05) is 98.6 Å². The van der Waals surface area contributed by atoms with Crippen molar-refractivity contribution in [2.24, 2.45) is 35.5 Å². The molecule has 2 heterocycles. The molecule has 372 valence electrons. The van der Waals surface area contributed by atoms with Crippen molar-refractivity contribution in [2.45, 2.75) is 169 Å². The van der Waals surface area contributed by atoms with Crippen molar-refractivity contribution in [3.05, 3.63) is 35.9 Å². The molecular formula is C51H82N4O11. The molecule has 2 aliphatic rings. The van der Waals surface area contributed by atoms with Gasteiger partial charge in [-0.25, -0.2) is 4.79 Å². The summed E-state index contributed by atoms with van der Waals surface area (Å²) in [6.45, 7) is 16.8. The van der Waals surface area contributed by atoms with Crippen LogP contribution in [0, 0.1) is 35.5 Å². The van der Waals surface area contributed by atoms with Gasteiger partial charge in [0.25, 0.3) is 11.8 Å². The average Bonchev–Trinajstić information content (AvgIpc) is 3.90. The molecule has 0 bridgehead atoms. The summed E-state index contributed by atoms with van der Waals surface area (Å²) < 4.78 is 12.1. The molecule has 10 atom stereocenters. The molecular weight excluding hydrogens is 845 g/mol. The van der Waals surface area contributed by atoms with Gasteiger partial charge < -0.3 is 29.2 Å². The van der Waals surface area contributed by atoms with Crippen molar-refractivity contribution in [3.8, 4) is 0 Å². The van der Waals surface area contributed by atoms with Gasteiger partial charge in [0.15, 0.2) is 5.78 Å². The number of ether oxygens (including phenoxy) is 2.